The SMILES string of the molecule is Fc1ccc(CCc2nc3nc(Br)ccc3o2)cc1. The van der Waals surface area contributed by atoms with Gasteiger partial charge in [0.1, 0.15) is 10.4 Å². The van der Waals surface area contributed by atoms with Crippen molar-refractivity contribution in [2.75, 3.05) is 0 Å². The minimum Gasteiger partial charge on any atom is -0.439 e. The zero-order chi connectivity index (χ0) is 13.2. The third-order valence-corrected chi connectivity index (χ3v) is 3.25. The molecule has 0 aliphatic rings. The molecule has 0 bridgehead atoms. The van der Waals surface area contributed by atoms with Crippen LogP contribution < -0.4 is 0 Å². The number of oxazole rings is 1. The van der Waals surface area contributed by atoms with E-state index in [-0.39, 0.29) is 5.82 Å². The van der Waals surface area contributed by atoms with Gasteiger partial charge in [-0.3, -0.25) is 0 Å². The molecule has 0 atom stereocenters. The van der Waals surface area contributed by atoms with Crippen LogP contribution >= 0.6 is 15.9 Å². The van der Waals surface area contributed by atoms with Gasteiger partial charge in [-0.25, -0.2) is 9.37 Å². The first kappa shape index (κ1) is 12.3. The maximum absolute atomic E-state index is 12.8. The number of pyridine rings is 1. The zero-order valence-electron chi connectivity index (χ0n) is 9.94. The third kappa shape index (κ3) is 2.81. The van der Waals surface area contributed by atoms with Crippen molar-refractivity contribution in [2.45, 2.75) is 12.8 Å². The normalized spacial score (nSPS) is 11.1. The van der Waals surface area contributed by atoms with E-state index in [2.05, 4.69) is 25.9 Å². The van der Waals surface area contributed by atoms with Gasteiger partial charge in [0.15, 0.2) is 17.1 Å². The van der Waals surface area contributed by atoms with Crippen molar-refractivity contribution in [3.63, 3.8) is 0 Å². The van der Waals surface area contributed by atoms with Crippen molar-refractivity contribution in [3.8, 4) is 0 Å². The summed E-state index contributed by atoms with van der Waals surface area (Å²) in [6, 6.07) is 10.1. The number of aromatic nitrogens is 2. The molecule has 0 spiro atoms. The monoisotopic (exact) mass is 320 g/mol. The van der Waals surface area contributed by atoms with Gasteiger partial charge >= 0.3 is 0 Å². The van der Waals surface area contributed by atoms with Crippen molar-refractivity contribution in [1.82, 2.24) is 9.97 Å². The molecule has 96 valence electrons. The van der Waals surface area contributed by atoms with E-state index in [1.54, 1.807) is 12.1 Å². The topological polar surface area (TPSA) is 38.9 Å². The van der Waals surface area contributed by atoms with Crippen LogP contribution in [0.3, 0.4) is 0 Å². The summed E-state index contributed by atoms with van der Waals surface area (Å²) < 4.78 is 19.1. The summed E-state index contributed by atoms with van der Waals surface area (Å²) >= 11 is 3.30. The molecular weight excluding hydrogens is 311 g/mol. The molecule has 0 saturated carbocycles. The van der Waals surface area contributed by atoms with Crippen LogP contribution in [0.4, 0.5) is 4.39 Å². The maximum atomic E-state index is 12.8. The molecule has 0 amide bonds. The second-order valence-electron chi connectivity index (χ2n) is 4.19. The highest BCUT2D eigenvalue weighted by molar-refractivity contribution is 9.10. The Morgan fingerprint density at radius 3 is 2.58 bits per heavy atom. The zero-order valence-corrected chi connectivity index (χ0v) is 11.5. The predicted octanol–water partition coefficient (Wildman–Crippen LogP) is 3.91. The summed E-state index contributed by atoms with van der Waals surface area (Å²) in [5.74, 6) is 0.421. The molecule has 0 aliphatic heterocycles. The number of nitrogens with zero attached hydrogens (tertiary/aromatic N) is 2. The van der Waals surface area contributed by atoms with Crippen LogP contribution in [0, 0.1) is 5.82 Å². The minimum atomic E-state index is -0.223. The standard InChI is InChI=1S/C14H10BrFN2O/c15-12-7-6-11-14(17-12)18-13(19-11)8-3-9-1-4-10(16)5-2-9/h1-2,4-7H,3,8H2. The molecular formula is C14H10BrFN2O. The molecule has 2 heterocycles. The number of rotatable bonds is 3. The van der Waals surface area contributed by atoms with Crippen molar-refractivity contribution < 1.29 is 8.81 Å². The molecule has 1 aromatic carbocycles. The summed E-state index contributed by atoms with van der Waals surface area (Å²) in [6.45, 7) is 0. The largest absolute Gasteiger partial charge is 0.439 e. The molecule has 0 aliphatic carbocycles. The fourth-order valence-electron chi connectivity index (χ4n) is 1.85. The van der Waals surface area contributed by atoms with Gasteiger partial charge < -0.3 is 4.42 Å². The van der Waals surface area contributed by atoms with Crippen LogP contribution in [0.1, 0.15) is 11.5 Å². The molecule has 5 heteroatoms. The fraction of sp³-hybridized carbons (Fsp3) is 0.143. The lowest BCUT2D eigenvalue weighted by Gasteiger charge is -1.97. The highest BCUT2D eigenvalue weighted by atomic mass is 79.9. The average molecular weight is 321 g/mol. The molecule has 3 rings (SSSR count). The first-order valence-corrected chi connectivity index (χ1v) is 6.66. The second-order valence-corrected chi connectivity index (χ2v) is 5.00. The smallest absolute Gasteiger partial charge is 0.199 e. The Morgan fingerprint density at radius 1 is 1.00 bits per heavy atom. The highest BCUT2D eigenvalue weighted by Gasteiger charge is 2.07. The number of halogens is 2. The lowest BCUT2D eigenvalue weighted by Crippen LogP contribution is -1.91. The van der Waals surface area contributed by atoms with E-state index >= 15 is 0 Å². The van der Waals surface area contributed by atoms with E-state index in [0.29, 0.717) is 23.5 Å². The van der Waals surface area contributed by atoms with Gasteiger partial charge in [0.05, 0.1) is 0 Å². The molecule has 19 heavy (non-hydrogen) atoms. The number of benzene rings is 1. The van der Waals surface area contributed by atoms with Crippen molar-refractivity contribution in [2.24, 2.45) is 0 Å². The number of aryl methyl sites for hydroxylation is 2. The maximum Gasteiger partial charge on any atom is 0.199 e. The lowest BCUT2D eigenvalue weighted by atomic mass is 10.1. The van der Waals surface area contributed by atoms with Gasteiger partial charge in [-0.15, -0.1) is 0 Å². The van der Waals surface area contributed by atoms with Crippen LogP contribution in [0.5, 0.6) is 0 Å². The first-order valence-electron chi connectivity index (χ1n) is 5.87. The molecule has 0 unspecified atom stereocenters. The van der Waals surface area contributed by atoms with Crippen LogP contribution in [-0.2, 0) is 12.8 Å². The Morgan fingerprint density at radius 2 is 1.79 bits per heavy atom. The van der Waals surface area contributed by atoms with Crippen LogP contribution in [-0.4, -0.2) is 9.97 Å². The molecule has 0 N–H and O–H groups in total. The summed E-state index contributed by atoms with van der Waals surface area (Å²) in [7, 11) is 0. The van der Waals surface area contributed by atoms with E-state index < -0.39 is 0 Å². The Kier molecular flexibility index (Phi) is 3.29. The van der Waals surface area contributed by atoms with Gasteiger partial charge in [-0.1, -0.05) is 12.1 Å². The summed E-state index contributed by atoms with van der Waals surface area (Å²) in [6.07, 6.45) is 1.42. The van der Waals surface area contributed by atoms with E-state index in [1.807, 2.05) is 12.1 Å². The van der Waals surface area contributed by atoms with Gasteiger partial charge in [-0.05, 0) is 52.2 Å². The average Bonchev–Trinajstić information content (AvgIpc) is 2.80. The van der Waals surface area contributed by atoms with Crippen molar-refractivity contribution >= 4 is 27.2 Å². The Hall–Kier alpha value is -1.75. The number of hydrogen-bond donors (Lipinski definition) is 0. The van der Waals surface area contributed by atoms with Crippen LogP contribution in [0.15, 0.2) is 45.4 Å². The van der Waals surface area contributed by atoms with Gasteiger partial charge in [0, 0.05) is 6.42 Å². The van der Waals surface area contributed by atoms with Gasteiger partial charge in [0.25, 0.3) is 0 Å². The lowest BCUT2D eigenvalue weighted by molar-refractivity contribution is 0.528. The molecule has 3 nitrogen and oxygen atoms in total. The highest BCUT2D eigenvalue weighted by Crippen LogP contribution is 2.18. The Bertz CT molecular complexity index is 709. The summed E-state index contributed by atoms with van der Waals surface area (Å²) in [5, 5.41) is 0. The summed E-state index contributed by atoms with van der Waals surface area (Å²) in [4.78, 5) is 8.55. The minimum absolute atomic E-state index is 0.223. The molecule has 0 fully saturated rings. The van der Waals surface area contributed by atoms with E-state index in [1.165, 1.54) is 12.1 Å². The van der Waals surface area contributed by atoms with Crippen LogP contribution in [0.2, 0.25) is 0 Å². The van der Waals surface area contributed by atoms with Gasteiger partial charge in [0.2, 0.25) is 0 Å². The van der Waals surface area contributed by atoms with E-state index in [9.17, 15) is 4.39 Å². The van der Waals surface area contributed by atoms with Crippen molar-refractivity contribution in [1.29, 1.82) is 0 Å². The van der Waals surface area contributed by atoms with E-state index in [4.69, 9.17) is 4.42 Å². The number of fused-ring (bicyclic) bond motifs is 1. The second kappa shape index (κ2) is 5.09. The van der Waals surface area contributed by atoms with Gasteiger partial charge in [-0.2, -0.15) is 4.98 Å². The third-order valence-electron chi connectivity index (χ3n) is 2.80. The van der Waals surface area contributed by atoms with Crippen LogP contribution in [0.25, 0.3) is 11.2 Å². The Labute approximate surface area is 117 Å². The van der Waals surface area contributed by atoms with E-state index in [0.717, 1.165) is 16.6 Å². The first-order chi connectivity index (χ1) is 9.20. The Balaban J connectivity index is 1.76. The fourth-order valence-corrected chi connectivity index (χ4v) is 2.15. The predicted molar refractivity (Wildman–Crippen MR) is 73.3 cm³/mol. The van der Waals surface area contributed by atoms with Crippen molar-refractivity contribution in [3.05, 3.63) is 58.3 Å². The quantitative estimate of drug-likeness (QED) is 0.687. The summed E-state index contributed by atoms with van der Waals surface area (Å²) in [5.41, 5.74) is 2.33. The molecule has 3 aromatic rings. The number of hydrogen-bond acceptors (Lipinski definition) is 3. The molecule has 0 saturated heterocycles. The molecule has 0 radical (unpaired) electrons. The molecule has 2 aromatic heterocycles.